The first-order valence-electron chi connectivity index (χ1n) is 5.79. The molecular formula is C13H20N2O. The fourth-order valence-corrected chi connectivity index (χ4v) is 1.57. The van der Waals surface area contributed by atoms with E-state index in [-0.39, 0.29) is 5.91 Å². The Bertz CT molecular complexity index is 336. The van der Waals surface area contributed by atoms with E-state index >= 15 is 0 Å². The maximum Gasteiger partial charge on any atom is 0.251 e. The smallest absolute Gasteiger partial charge is 0.251 e. The van der Waals surface area contributed by atoms with E-state index in [0.717, 1.165) is 43.5 Å². The third-order valence-corrected chi connectivity index (χ3v) is 2.56. The van der Waals surface area contributed by atoms with Crippen molar-refractivity contribution in [2.24, 2.45) is 5.73 Å². The summed E-state index contributed by atoms with van der Waals surface area (Å²) in [7, 11) is 0. The Hall–Kier alpha value is -1.35. The van der Waals surface area contributed by atoms with Gasteiger partial charge in [-0.3, -0.25) is 4.79 Å². The molecule has 1 aromatic rings. The summed E-state index contributed by atoms with van der Waals surface area (Å²) in [5.41, 5.74) is 7.17. The molecule has 1 amide bonds. The van der Waals surface area contributed by atoms with Gasteiger partial charge in [0.2, 0.25) is 0 Å². The van der Waals surface area contributed by atoms with Gasteiger partial charge < -0.3 is 11.1 Å². The number of benzene rings is 1. The van der Waals surface area contributed by atoms with Crippen LogP contribution in [-0.2, 0) is 0 Å². The van der Waals surface area contributed by atoms with Crippen molar-refractivity contribution in [3.8, 4) is 0 Å². The number of amides is 1. The number of hydrogen-bond donors (Lipinski definition) is 2. The van der Waals surface area contributed by atoms with Crippen LogP contribution in [0.1, 0.15) is 35.2 Å². The molecule has 1 rings (SSSR count). The quantitative estimate of drug-likeness (QED) is 0.719. The number of carbonyl (C=O) groups excluding carboxylic acids is 1. The van der Waals surface area contributed by atoms with Crippen LogP contribution in [0.3, 0.4) is 0 Å². The Balaban J connectivity index is 2.33. The Labute approximate surface area is 97.0 Å². The molecule has 3 nitrogen and oxygen atoms in total. The van der Waals surface area contributed by atoms with Crippen molar-refractivity contribution >= 4 is 5.91 Å². The van der Waals surface area contributed by atoms with Crippen LogP contribution < -0.4 is 11.1 Å². The molecule has 0 aromatic heterocycles. The Morgan fingerprint density at radius 2 is 2.00 bits per heavy atom. The number of carbonyl (C=O) groups is 1. The van der Waals surface area contributed by atoms with Crippen molar-refractivity contribution in [2.75, 3.05) is 13.1 Å². The van der Waals surface area contributed by atoms with Gasteiger partial charge in [-0.1, -0.05) is 24.6 Å². The fraction of sp³-hybridized carbons (Fsp3) is 0.462. The van der Waals surface area contributed by atoms with Crippen molar-refractivity contribution in [3.05, 3.63) is 35.4 Å². The van der Waals surface area contributed by atoms with E-state index in [1.807, 2.05) is 31.2 Å². The predicted molar refractivity (Wildman–Crippen MR) is 66.4 cm³/mol. The van der Waals surface area contributed by atoms with E-state index in [4.69, 9.17) is 5.73 Å². The van der Waals surface area contributed by atoms with E-state index in [9.17, 15) is 4.79 Å². The van der Waals surface area contributed by atoms with Gasteiger partial charge in [-0.15, -0.1) is 0 Å². The van der Waals surface area contributed by atoms with E-state index in [2.05, 4.69) is 5.32 Å². The molecule has 0 atom stereocenters. The van der Waals surface area contributed by atoms with E-state index in [1.54, 1.807) is 0 Å². The molecule has 0 radical (unpaired) electrons. The number of nitrogens with one attached hydrogen (secondary N) is 1. The highest BCUT2D eigenvalue weighted by molar-refractivity contribution is 5.95. The van der Waals surface area contributed by atoms with Gasteiger partial charge in [0.15, 0.2) is 0 Å². The molecule has 16 heavy (non-hydrogen) atoms. The maximum atomic E-state index is 11.8. The van der Waals surface area contributed by atoms with Crippen molar-refractivity contribution in [1.82, 2.24) is 5.32 Å². The standard InChI is InChI=1S/C13H20N2O/c1-11-7-3-4-8-12(11)13(16)15-10-6-2-5-9-14/h3-4,7-8H,2,5-6,9-10,14H2,1H3,(H,15,16). The largest absolute Gasteiger partial charge is 0.352 e. The second-order valence-electron chi connectivity index (χ2n) is 3.92. The number of aryl methyl sites for hydroxylation is 1. The lowest BCUT2D eigenvalue weighted by molar-refractivity contribution is 0.0952. The minimum absolute atomic E-state index is 0.0193. The van der Waals surface area contributed by atoms with Crippen LogP contribution in [0, 0.1) is 6.92 Å². The first kappa shape index (κ1) is 12.7. The normalized spacial score (nSPS) is 10.1. The van der Waals surface area contributed by atoms with Crippen LogP contribution in [0.5, 0.6) is 0 Å². The lowest BCUT2D eigenvalue weighted by Gasteiger charge is -2.07. The first-order chi connectivity index (χ1) is 7.75. The summed E-state index contributed by atoms with van der Waals surface area (Å²) < 4.78 is 0. The lowest BCUT2D eigenvalue weighted by Crippen LogP contribution is -2.25. The third kappa shape index (κ3) is 4.03. The monoisotopic (exact) mass is 220 g/mol. The minimum Gasteiger partial charge on any atom is -0.352 e. The molecule has 0 fully saturated rings. The lowest BCUT2D eigenvalue weighted by atomic mass is 10.1. The van der Waals surface area contributed by atoms with Gasteiger partial charge in [0, 0.05) is 12.1 Å². The molecule has 0 saturated carbocycles. The summed E-state index contributed by atoms with van der Waals surface area (Å²) in [5, 5.41) is 2.92. The summed E-state index contributed by atoms with van der Waals surface area (Å²) in [6.07, 6.45) is 3.10. The Morgan fingerprint density at radius 1 is 1.25 bits per heavy atom. The van der Waals surface area contributed by atoms with Gasteiger partial charge in [0.05, 0.1) is 0 Å². The zero-order valence-corrected chi connectivity index (χ0v) is 9.83. The van der Waals surface area contributed by atoms with Gasteiger partial charge in [0.25, 0.3) is 5.91 Å². The molecule has 0 saturated heterocycles. The first-order valence-corrected chi connectivity index (χ1v) is 5.79. The number of unbranched alkanes of at least 4 members (excludes halogenated alkanes) is 2. The highest BCUT2D eigenvalue weighted by Gasteiger charge is 2.06. The molecule has 0 spiro atoms. The van der Waals surface area contributed by atoms with Crippen LogP contribution >= 0.6 is 0 Å². The highest BCUT2D eigenvalue weighted by Crippen LogP contribution is 2.06. The van der Waals surface area contributed by atoms with Crippen LogP contribution in [-0.4, -0.2) is 19.0 Å². The van der Waals surface area contributed by atoms with Crippen molar-refractivity contribution in [2.45, 2.75) is 26.2 Å². The summed E-state index contributed by atoms with van der Waals surface area (Å²) in [4.78, 5) is 11.8. The molecule has 3 heteroatoms. The average Bonchev–Trinajstić information content (AvgIpc) is 2.29. The molecule has 0 aliphatic carbocycles. The topological polar surface area (TPSA) is 55.1 Å². The predicted octanol–water partition coefficient (Wildman–Crippen LogP) is 1.85. The van der Waals surface area contributed by atoms with Crippen LogP contribution in [0.2, 0.25) is 0 Å². The van der Waals surface area contributed by atoms with Crippen LogP contribution in [0.4, 0.5) is 0 Å². The zero-order valence-electron chi connectivity index (χ0n) is 9.83. The molecular weight excluding hydrogens is 200 g/mol. The second kappa shape index (κ2) is 7.01. The average molecular weight is 220 g/mol. The molecule has 1 aromatic carbocycles. The summed E-state index contributed by atoms with van der Waals surface area (Å²) in [6.45, 7) is 3.41. The Kier molecular flexibility index (Phi) is 5.57. The van der Waals surface area contributed by atoms with Gasteiger partial charge in [-0.05, 0) is 37.9 Å². The van der Waals surface area contributed by atoms with Crippen LogP contribution in [0.25, 0.3) is 0 Å². The summed E-state index contributed by atoms with van der Waals surface area (Å²) in [5.74, 6) is 0.0193. The van der Waals surface area contributed by atoms with Gasteiger partial charge in [-0.25, -0.2) is 0 Å². The van der Waals surface area contributed by atoms with Crippen molar-refractivity contribution in [3.63, 3.8) is 0 Å². The SMILES string of the molecule is Cc1ccccc1C(=O)NCCCCCN. The van der Waals surface area contributed by atoms with Gasteiger partial charge >= 0.3 is 0 Å². The molecule has 0 unspecified atom stereocenters. The number of rotatable bonds is 6. The second-order valence-corrected chi connectivity index (χ2v) is 3.92. The molecule has 88 valence electrons. The third-order valence-electron chi connectivity index (χ3n) is 2.56. The molecule has 0 aliphatic rings. The van der Waals surface area contributed by atoms with Crippen molar-refractivity contribution in [1.29, 1.82) is 0 Å². The van der Waals surface area contributed by atoms with Gasteiger partial charge in [-0.2, -0.15) is 0 Å². The molecule has 0 heterocycles. The van der Waals surface area contributed by atoms with Crippen LogP contribution in [0.15, 0.2) is 24.3 Å². The summed E-state index contributed by atoms with van der Waals surface area (Å²) in [6, 6.07) is 7.62. The van der Waals surface area contributed by atoms with E-state index in [1.165, 1.54) is 0 Å². The van der Waals surface area contributed by atoms with E-state index in [0.29, 0.717) is 0 Å². The molecule has 0 aliphatic heterocycles. The zero-order chi connectivity index (χ0) is 11.8. The molecule has 0 bridgehead atoms. The Morgan fingerprint density at radius 3 is 2.69 bits per heavy atom. The number of hydrogen-bond acceptors (Lipinski definition) is 2. The maximum absolute atomic E-state index is 11.8. The van der Waals surface area contributed by atoms with Gasteiger partial charge in [0.1, 0.15) is 0 Å². The number of nitrogens with two attached hydrogens (primary N) is 1. The minimum atomic E-state index is 0.0193. The molecule has 3 N–H and O–H groups in total. The van der Waals surface area contributed by atoms with Crippen molar-refractivity contribution < 1.29 is 4.79 Å². The fourth-order valence-electron chi connectivity index (χ4n) is 1.57. The summed E-state index contributed by atoms with van der Waals surface area (Å²) >= 11 is 0. The van der Waals surface area contributed by atoms with E-state index < -0.39 is 0 Å². The highest BCUT2D eigenvalue weighted by atomic mass is 16.1.